The number of hydrogen-bond acceptors (Lipinski definition) is 2. The predicted molar refractivity (Wildman–Crippen MR) is 73.1 cm³/mol. The van der Waals surface area contributed by atoms with Crippen molar-refractivity contribution in [1.82, 2.24) is 4.90 Å². The number of amides is 1. The van der Waals surface area contributed by atoms with E-state index in [1.165, 1.54) is 12.1 Å². The van der Waals surface area contributed by atoms with Gasteiger partial charge in [-0.15, -0.1) is 0 Å². The highest BCUT2D eigenvalue weighted by Crippen LogP contribution is 2.17. The van der Waals surface area contributed by atoms with Crippen LogP contribution in [0.3, 0.4) is 0 Å². The summed E-state index contributed by atoms with van der Waals surface area (Å²) in [6.45, 7) is 2.80. The van der Waals surface area contributed by atoms with Crippen molar-refractivity contribution < 1.29 is 9.18 Å². The number of piperidine rings is 1. The molecule has 1 aromatic rings. The Kier molecular flexibility index (Phi) is 4.53. The minimum absolute atomic E-state index is 0.170. The number of rotatable bonds is 3. The highest BCUT2D eigenvalue weighted by atomic mass is 19.1. The normalized spacial score (nSPS) is 23.4. The summed E-state index contributed by atoms with van der Waals surface area (Å²) in [5, 5.41) is 0. The molecule has 0 saturated carbocycles. The standard InChI is InChI=1S/C15H21FN2O/c1-11-10-14(17)8-9-18(11)15(19)7-4-12-2-5-13(16)6-3-12/h2-3,5-6,11,14H,4,7-10,17H2,1H3. The molecule has 0 radical (unpaired) electrons. The van der Waals surface area contributed by atoms with Gasteiger partial charge in [0.1, 0.15) is 5.82 Å². The van der Waals surface area contributed by atoms with Gasteiger partial charge in [-0.1, -0.05) is 12.1 Å². The van der Waals surface area contributed by atoms with Crippen LogP contribution in [0.5, 0.6) is 0 Å². The fourth-order valence-electron chi connectivity index (χ4n) is 2.62. The molecule has 19 heavy (non-hydrogen) atoms. The van der Waals surface area contributed by atoms with Gasteiger partial charge < -0.3 is 10.6 Å². The molecule has 1 amide bonds. The Hall–Kier alpha value is -1.42. The molecule has 2 rings (SSSR count). The van der Waals surface area contributed by atoms with Crippen molar-refractivity contribution in [3.05, 3.63) is 35.6 Å². The lowest BCUT2D eigenvalue weighted by Gasteiger charge is -2.36. The van der Waals surface area contributed by atoms with E-state index < -0.39 is 0 Å². The van der Waals surface area contributed by atoms with Gasteiger partial charge >= 0.3 is 0 Å². The molecule has 0 aromatic heterocycles. The second-order valence-electron chi connectivity index (χ2n) is 5.35. The minimum Gasteiger partial charge on any atom is -0.340 e. The maximum atomic E-state index is 12.8. The Bertz CT molecular complexity index is 432. The highest BCUT2D eigenvalue weighted by molar-refractivity contribution is 5.76. The van der Waals surface area contributed by atoms with Crippen molar-refractivity contribution in [2.24, 2.45) is 5.73 Å². The maximum Gasteiger partial charge on any atom is 0.223 e. The molecule has 1 fully saturated rings. The summed E-state index contributed by atoms with van der Waals surface area (Å²) in [7, 11) is 0. The molecule has 4 heteroatoms. The zero-order valence-corrected chi connectivity index (χ0v) is 11.3. The average molecular weight is 264 g/mol. The molecule has 2 atom stereocenters. The van der Waals surface area contributed by atoms with Crippen LogP contribution in [0.4, 0.5) is 4.39 Å². The second kappa shape index (κ2) is 6.15. The van der Waals surface area contributed by atoms with E-state index in [1.807, 2.05) is 4.90 Å². The van der Waals surface area contributed by atoms with Gasteiger partial charge in [0.05, 0.1) is 0 Å². The van der Waals surface area contributed by atoms with Gasteiger partial charge in [-0.05, 0) is 43.9 Å². The Morgan fingerprint density at radius 1 is 1.42 bits per heavy atom. The number of carbonyl (C=O) groups is 1. The molecular weight excluding hydrogens is 243 g/mol. The third kappa shape index (κ3) is 3.77. The third-order valence-corrected chi connectivity index (χ3v) is 3.78. The fraction of sp³-hybridized carbons (Fsp3) is 0.533. The molecule has 0 aliphatic carbocycles. The molecule has 1 aliphatic rings. The maximum absolute atomic E-state index is 12.8. The van der Waals surface area contributed by atoms with Crippen molar-refractivity contribution >= 4 is 5.91 Å². The van der Waals surface area contributed by atoms with Gasteiger partial charge in [-0.2, -0.15) is 0 Å². The SMILES string of the molecule is CC1CC(N)CCN1C(=O)CCc1ccc(F)cc1. The summed E-state index contributed by atoms with van der Waals surface area (Å²) in [4.78, 5) is 14.1. The highest BCUT2D eigenvalue weighted by Gasteiger charge is 2.26. The molecule has 104 valence electrons. The molecule has 0 spiro atoms. The van der Waals surface area contributed by atoms with Gasteiger partial charge in [0, 0.05) is 25.0 Å². The Morgan fingerprint density at radius 2 is 2.11 bits per heavy atom. The number of carbonyl (C=O) groups excluding carboxylic acids is 1. The molecule has 2 unspecified atom stereocenters. The van der Waals surface area contributed by atoms with Crippen LogP contribution in [0.1, 0.15) is 31.7 Å². The third-order valence-electron chi connectivity index (χ3n) is 3.78. The first-order chi connectivity index (χ1) is 9.06. The van der Waals surface area contributed by atoms with E-state index in [2.05, 4.69) is 6.92 Å². The lowest BCUT2D eigenvalue weighted by molar-refractivity contribution is -0.134. The number of benzene rings is 1. The number of aryl methyl sites for hydroxylation is 1. The summed E-state index contributed by atoms with van der Waals surface area (Å²) in [5.74, 6) is -0.0718. The van der Waals surface area contributed by atoms with E-state index in [0.29, 0.717) is 12.8 Å². The van der Waals surface area contributed by atoms with E-state index in [0.717, 1.165) is 24.9 Å². The molecule has 0 bridgehead atoms. The second-order valence-corrected chi connectivity index (χ2v) is 5.35. The zero-order chi connectivity index (χ0) is 13.8. The summed E-state index contributed by atoms with van der Waals surface area (Å²) in [5.41, 5.74) is 6.89. The van der Waals surface area contributed by atoms with Crippen molar-refractivity contribution in [3.8, 4) is 0 Å². The van der Waals surface area contributed by atoms with Crippen molar-refractivity contribution in [1.29, 1.82) is 0 Å². The summed E-state index contributed by atoms with van der Waals surface area (Å²) >= 11 is 0. The van der Waals surface area contributed by atoms with Crippen LogP contribution in [-0.2, 0) is 11.2 Å². The summed E-state index contributed by atoms with van der Waals surface area (Å²) in [6, 6.07) is 6.78. The van der Waals surface area contributed by atoms with Crippen LogP contribution < -0.4 is 5.73 Å². The van der Waals surface area contributed by atoms with Gasteiger partial charge in [-0.25, -0.2) is 4.39 Å². The first kappa shape index (κ1) is 14.0. The molecule has 3 nitrogen and oxygen atoms in total. The quantitative estimate of drug-likeness (QED) is 0.908. The van der Waals surface area contributed by atoms with Crippen molar-refractivity contribution in [2.45, 2.75) is 44.7 Å². The lowest BCUT2D eigenvalue weighted by Crippen LogP contribution is -2.48. The van der Waals surface area contributed by atoms with Crippen molar-refractivity contribution in [2.75, 3.05) is 6.54 Å². The number of hydrogen-bond donors (Lipinski definition) is 1. The smallest absolute Gasteiger partial charge is 0.223 e. The molecular formula is C15H21FN2O. The minimum atomic E-state index is -0.242. The van der Waals surface area contributed by atoms with Gasteiger partial charge in [0.15, 0.2) is 0 Å². The zero-order valence-electron chi connectivity index (χ0n) is 11.3. The number of nitrogens with zero attached hydrogens (tertiary/aromatic N) is 1. The Balaban J connectivity index is 1.85. The van der Waals surface area contributed by atoms with Crippen LogP contribution in [0.2, 0.25) is 0 Å². The van der Waals surface area contributed by atoms with Crippen LogP contribution >= 0.6 is 0 Å². The van der Waals surface area contributed by atoms with Crippen LogP contribution in [0.25, 0.3) is 0 Å². The first-order valence-corrected chi connectivity index (χ1v) is 6.86. The molecule has 1 aromatic carbocycles. The van der Waals surface area contributed by atoms with E-state index in [9.17, 15) is 9.18 Å². The van der Waals surface area contributed by atoms with Crippen LogP contribution in [0, 0.1) is 5.82 Å². The predicted octanol–water partition coefficient (Wildman–Crippen LogP) is 2.10. The van der Waals surface area contributed by atoms with E-state index >= 15 is 0 Å². The van der Waals surface area contributed by atoms with Gasteiger partial charge in [0.2, 0.25) is 5.91 Å². The van der Waals surface area contributed by atoms with E-state index in [-0.39, 0.29) is 23.8 Å². The van der Waals surface area contributed by atoms with Gasteiger partial charge in [0.25, 0.3) is 0 Å². The first-order valence-electron chi connectivity index (χ1n) is 6.86. The number of likely N-dealkylation sites (tertiary alicyclic amines) is 1. The topological polar surface area (TPSA) is 46.3 Å². The lowest BCUT2D eigenvalue weighted by atomic mass is 9.98. The molecule has 1 heterocycles. The van der Waals surface area contributed by atoms with E-state index in [1.54, 1.807) is 12.1 Å². The number of nitrogens with two attached hydrogens (primary N) is 1. The Morgan fingerprint density at radius 3 is 2.74 bits per heavy atom. The molecule has 1 saturated heterocycles. The number of halogens is 1. The largest absolute Gasteiger partial charge is 0.340 e. The van der Waals surface area contributed by atoms with Gasteiger partial charge in [-0.3, -0.25) is 4.79 Å². The monoisotopic (exact) mass is 264 g/mol. The summed E-state index contributed by atoms with van der Waals surface area (Å²) < 4.78 is 12.8. The summed E-state index contributed by atoms with van der Waals surface area (Å²) in [6.07, 6.45) is 2.90. The van der Waals surface area contributed by atoms with Crippen molar-refractivity contribution in [3.63, 3.8) is 0 Å². The Labute approximate surface area is 113 Å². The van der Waals surface area contributed by atoms with Crippen LogP contribution in [0.15, 0.2) is 24.3 Å². The molecule has 2 N–H and O–H groups in total. The molecule has 1 aliphatic heterocycles. The average Bonchev–Trinajstić information content (AvgIpc) is 2.37. The fourth-order valence-corrected chi connectivity index (χ4v) is 2.62. The van der Waals surface area contributed by atoms with Crippen LogP contribution in [-0.4, -0.2) is 29.4 Å². The van der Waals surface area contributed by atoms with E-state index in [4.69, 9.17) is 5.73 Å².